The van der Waals surface area contributed by atoms with Crippen LogP contribution >= 0.6 is 0 Å². The first-order valence-electron chi connectivity index (χ1n) is 11.9. The normalized spacial score (nSPS) is 21.4. The summed E-state index contributed by atoms with van der Waals surface area (Å²) in [5.41, 5.74) is 3.03. The molecule has 4 amide bonds. The molecule has 2 fully saturated rings. The Labute approximate surface area is 203 Å². The fourth-order valence-corrected chi connectivity index (χ4v) is 4.96. The molecule has 2 atom stereocenters. The van der Waals surface area contributed by atoms with Crippen LogP contribution in [0.5, 0.6) is 0 Å². The van der Waals surface area contributed by atoms with Crippen LogP contribution in [0.1, 0.15) is 44.7 Å². The van der Waals surface area contributed by atoms with Crippen LogP contribution in [0.4, 0.5) is 0 Å². The number of piperidine rings is 1. The molecule has 0 spiro atoms. The van der Waals surface area contributed by atoms with Crippen molar-refractivity contribution in [2.45, 2.75) is 38.0 Å². The fourth-order valence-electron chi connectivity index (χ4n) is 4.96. The quantitative estimate of drug-likeness (QED) is 0.604. The second-order valence-electron chi connectivity index (χ2n) is 9.10. The number of rotatable bonds is 6. The number of fused-ring (bicyclic) bond motifs is 1. The molecule has 2 aromatic carbocycles. The zero-order valence-electron chi connectivity index (χ0n) is 19.4. The first kappa shape index (κ1) is 23.2. The molecule has 2 saturated heterocycles. The molecule has 3 aliphatic heterocycles. The van der Waals surface area contributed by atoms with Crippen LogP contribution < -0.4 is 10.6 Å². The lowest BCUT2D eigenvalue weighted by atomic mass is 10.0. The Morgan fingerprint density at radius 1 is 1.09 bits per heavy atom. The lowest BCUT2D eigenvalue weighted by Crippen LogP contribution is -2.53. The van der Waals surface area contributed by atoms with Gasteiger partial charge in [0.05, 0.1) is 19.4 Å². The van der Waals surface area contributed by atoms with E-state index in [1.807, 2.05) is 30.3 Å². The number of benzene rings is 2. The summed E-state index contributed by atoms with van der Waals surface area (Å²) in [5, 5.41) is 5.50. The van der Waals surface area contributed by atoms with E-state index in [2.05, 4.69) is 15.5 Å². The SMILES string of the molecule is O=C1CCC(N2Cc3cc(CC(NC(=O)c4ccccc4)N4CCOCC4)ccc3C2=O)C(=O)N1. The van der Waals surface area contributed by atoms with Crippen molar-refractivity contribution in [2.24, 2.45) is 0 Å². The predicted molar refractivity (Wildman–Crippen MR) is 126 cm³/mol. The molecule has 2 unspecified atom stereocenters. The fraction of sp³-hybridized carbons (Fsp3) is 0.385. The molecule has 9 heteroatoms. The molecule has 0 aromatic heterocycles. The molecule has 0 bridgehead atoms. The van der Waals surface area contributed by atoms with Gasteiger partial charge in [-0.3, -0.25) is 29.4 Å². The topological polar surface area (TPSA) is 108 Å². The summed E-state index contributed by atoms with van der Waals surface area (Å²) < 4.78 is 5.50. The van der Waals surface area contributed by atoms with Gasteiger partial charge in [0.1, 0.15) is 6.04 Å². The van der Waals surface area contributed by atoms with E-state index in [0.717, 1.165) is 11.1 Å². The number of nitrogens with one attached hydrogen (secondary N) is 2. The zero-order chi connectivity index (χ0) is 24.4. The van der Waals surface area contributed by atoms with Crippen molar-refractivity contribution in [1.29, 1.82) is 0 Å². The molecule has 5 rings (SSSR count). The van der Waals surface area contributed by atoms with Gasteiger partial charge < -0.3 is 15.0 Å². The summed E-state index contributed by atoms with van der Waals surface area (Å²) >= 11 is 0. The molecule has 0 saturated carbocycles. The summed E-state index contributed by atoms with van der Waals surface area (Å²) in [7, 11) is 0. The van der Waals surface area contributed by atoms with Gasteiger partial charge in [0.15, 0.2) is 0 Å². The number of ether oxygens (including phenoxy) is 1. The third kappa shape index (κ3) is 4.96. The van der Waals surface area contributed by atoms with Gasteiger partial charge in [-0.2, -0.15) is 0 Å². The average Bonchev–Trinajstić information content (AvgIpc) is 3.20. The van der Waals surface area contributed by atoms with Crippen LogP contribution in [0.15, 0.2) is 48.5 Å². The van der Waals surface area contributed by atoms with Crippen LogP contribution in [-0.4, -0.2) is 71.9 Å². The van der Waals surface area contributed by atoms with Crippen LogP contribution in [-0.2, 0) is 27.3 Å². The highest BCUT2D eigenvalue weighted by molar-refractivity contribution is 6.05. The number of imide groups is 1. The average molecular weight is 477 g/mol. The molecule has 3 aliphatic rings. The van der Waals surface area contributed by atoms with Crippen LogP contribution in [0.2, 0.25) is 0 Å². The van der Waals surface area contributed by atoms with E-state index in [9.17, 15) is 19.2 Å². The summed E-state index contributed by atoms with van der Waals surface area (Å²) in [5.74, 6) is -1.05. The molecule has 35 heavy (non-hydrogen) atoms. The van der Waals surface area contributed by atoms with E-state index >= 15 is 0 Å². The summed E-state index contributed by atoms with van der Waals surface area (Å²) in [6.45, 7) is 2.97. The van der Waals surface area contributed by atoms with Gasteiger partial charge in [-0.15, -0.1) is 0 Å². The summed E-state index contributed by atoms with van der Waals surface area (Å²) in [6.07, 6.45) is 0.901. The first-order valence-corrected chi connectivity index (χ1v) is 11.9. The smallest absolute Gasteiger partial charge is 0.255 e. The highest BCUT2D eigenvalue weighted by Crippen LogP contribution is 2.28. The Hall–Kier alpha value is -3.56. The lowest BCUT2D eigenvalue weighted by Gasteiger charge is -2.35. The van der Waals surface area contributed by atoms with Gasteiger partial charge in [-0.25, -0.2) is 0 Å². The first-order chi connectivity index (χ1) is 17.0. The second kappa shape index (κ2) is 9.97. The Kier molecular flexibility index (Phi) is 6.61. The number of carbonyl (C=O) groups excluding carboxylic acids is 4. The van der Waals surface area contributed by atoms with Crippen LogP contribution in [0.25, 0.3) is 0 Å². The molecule has 3 heterocycles. The van der Waals surface area contributed by atoms with E-state index in [-0.39, 0.29) is 30.3 Å². The lowest BCUT2D eigenvalue weighted by molar-refractivity contribution is -0.136. The van der Waals surface area contributed by atoms with Crippen molar-refractivity contribution in [1.82, 2.24) is 20.4 Å². The molecule has 0 aliphatic carbocycles. The van der Waals surface area contributed by atoms with Crippen molar-refractivity contribution in [3.63, 3.8) is 0 Å². The van der Waals surface area contributed by atoms with Gasteiger partial charge in [0, 0.05) is 43.6 Å². The van der Waals surface area contributed by atoms with E-state index in [1.165, 1.54) is 0 Å². The molecular weight excluding hydrogens is 448 g/mol. The molecule has 2 N–H and O–H groups in total. The number of carbonyl (C=O) groups is 4. The molecule has 182 valence electrons. The van der Waals surface area contributed by atoms with Crippen molar-refractivity contribution >= 4 is 23.6 Å². The number of hydrogen-bond donors (Lipinski definition) is 2. The Morgan fingerprint density at radius 3 is 2.60 bits per heavy atom. The highest BCUT2D eigenvalue weighted by Gasteiger charge is 2.39. The Bertz CT molecular complexity index is 1150. The minimum Gasteiger partial charge on any atom is -0.379 e. The van der Waals surface area contributed by atoms with Crippen molar-refractivity contribution < 1.29 is 23.9 Å². The molecule has 2 aromatic rings. The third-order valence-electron chi connectivity index (χ3n) is 6.84. The van der Waals surface area contributed by atoms with Crippen LogP contribution in [0.3, 0.4) is 0 Å². The van der Waals surface area contributed by atoms with Crippen LogP contribution in [0, 0.1) is 0 Å². The summed E-state index contributed by atoms with van der Waals surface area (Å²) in [6, 6.07) is 14.2. The second-order valence-corrected chi connectivity index (χ2v) is 9.10. The molecule has 9 nitrogen and oxygen atoms in total. The Morgan fingerprint density at radius 2 is 1.86 bits per heavy atom. The van der Waals surface area contributed by atoms with E-state index in [4.69, 9.17) is 4.74 Å². The van der Waals surface area contributed by atoms with Crippen molar-refractivity contribution in [3.8, 4) is 0 Å². The number of nitrogens with zero attached hydrogens (tertiary/aromatic N) is 2. The van der Waals surface area contributed by atoms with E-state index in [1.54, 1.807) is 23.1 Å². The van der Waals surface area contributed by atoms with Crippen molar-refractivity contribution in [3.05, 3.63) is 70.8 Å². The van der Waals surface area contributed by atoms with Crippen molar-refractivity contribution in [2.75, 3.05) is 26.3 Å². The standard InChI is InChI=1S/C26H28N4O5/c31-23-9-8-21(25(33)28-23)30-16-19-14-17(6-7-20(19)26(30)34)15-22(29-10-12-35-13-11-29)27-24(32)18-4-2-1-3-5-18/h1-7,14,21-22H,8-13,15-16H2,(H,27,32)(H,28,31,33). The molecular formula is C26H28N4O5. The maximum absolute atomic E-state index is 13.0. The molecule has 0 radical (unpaired) electrons. The Balaban J connectivity index is 1.33. The minimum absolute atomic E-state index is 0.137. The zero-order valence-corrected chi connectivity index (χ0v) is 19.4. The monoisotopic (exact) mass is 476 g/mol. The number of amides is 4. The number of hydrogen-bond acceptors (Lipinski definition) is 6. The van der Waals surface area contributed by atoms with Gasteiger partial charge >= 0.3 is 0 Å². The maximum atomic E-state index is 13.0. The number of morpholine rings is 1. The van der Waals surface area contributed by atoms with Gasteiger partial charge in [0.2, 0.25) is 11.8 Å². The van der Waals surface area contributed by atoms with Gasteiger partial charge in [-0.05, 0) is 35.7 Å². The van der Waals surface area contributed by atoms with E-state index < -0.39 is 11.9 Å². The maximum Gasteiger partial charge on any atom is 0.255 e. The largest absolute Gasteiger partial charge is 0.379 e. The van der Waals surface area contributed by atoms with E-state index in [0.29, 0.717) is 56.8 Å². The minimum atomic E-state index is -0.637. The van der Waals surface area contributed by atoms with Gasteiger partial charge in [-0.1, -0.05) is 30.3 Å². The predicted octanol–water partition coefficient (Wildman–Crippen LogP) is 1.08. The highest BCUT2D eigenvalue weighted by atomic mass is 16.5. The summed E-state index contributed by atoms with van der Waals surface area (Å²) in [4.78, 5) is 53.5. The third-order valence-corrected chi connectivity index (χ3v) is 6.84. The van der Waals surface area contributed by atoms with Gasteiger partial charge in [0.25, 0.3) is 11.8 Å².